The lowest BCUT2D eigenvalue weighted by atomic mass is 9.83. The summed E-state index contributed by atoms with van der Waals surface area (Å²) < 4.78 is 2.17. The van der Waals surface area contributed by atoms with Gasteiger partial charge in [0.05, 0.1) is 36.1 Å². The fourth-order valence-electron chi connectivity index (χ4n) is 3.96. The van der Waals surface area contributed by atoms with E-state index in [0.717, 1.165) is 23.4 Å². The summed E-state index contributed by atoms with van der Waals surface area (Å²) in [5.41, 5.74) is 3.37. The highest BCUT2D eigenvalue weighted by Gasteiger charge is 2.33. The molecular weight excluding hydrogens is 262 g/mol. The van der Waals surface area contributed by atoms with Crippen LogP contribution in [0.4, 0.5) is 0 Å². The maximum Gasteiger partial charge on any atom is 0.0957 e. The lowest BCUT2D eigenvalue weighted by molar-refractivity contribution is 0.0683. The number of nitrogens with zero attached hydrogens (tertiary/aromatic N) is 3. The summed E-state index contributed by atoms with van der Waals surface area (Å²) in [4.78, 5) is 8.83. The molecule has 3 heterocycles. The van der Waals surface area contributed by atoms with Crippen LogP contribution in [0.2, 0.25) is 0 Å². The van der Waals surface area contributed by atoms with Gasteiger partial charge >= 0.3 is 0 Å². The highest BCUT2D eigenvalue weighted by Crippen LogP contribution is 2.41. The molecule has 1 aliphatic heterocycles. The Morgan fingerprint density at radius 1 is 1.29 bits per heavy atom. The highest BCUT2D eigenvalue weighted by atomic mass is 16.3. The Balaban J connectivity index is 1.60. The third-order valence-electron chi connectivity index (χ3n) is 5.09. The van der Waals surface area contributed by atoms with Gasteiger partial charge in [0.15, 0.2) is 0 Å². The Morgan fingerprint density at radius 2 is 2.14 bits per heavy atom. The molecule has 0 bridgehead atoms. The summed E-state index contributed by atoms with van der Waals surface area (Å²) >= 11 is 0. The van der Waals surface area contributed by atoms with Crippen LogP contribution in [-0.4, -0.2) is 25.7 Å². The van der Waals surface area contributed by atoms with Crippen LogP contribution in [0.3, 0.4) is 0 Å². The fraction of sp³-hybridized carbons (Fsp3) is 0.529. The van der Waals surface area contributed by atoms with Crippen molar-refractivity contribution >= 4 is 0 Å². The Bertz CT molecular complexity index is 630. The summed E-state index contributed by atoms with van der Waals surface area (Å²) in [5, 5.41) is 10.7. The predicted octanol–water partition coefficient (Wildman–Crippen LogP) is 3.18. The first-order valence-corrected chi connectivity index (χ1v) is 8.00. The van der Waals surface area contributed by atoms with Gasteiger partial charge < -0.3 is 9.67 Å². The summed E-state index contributed by atoms with van der Waals surface area (Å²) in [5.74, 6) is 0.457. The molecule has 4 rings (SSSR count). The second-order valence-electron chi connectivity index (χ2n) is 6.34. The molecule has 1 fully saturated rings. The third-order valence-corrected chi connectivity index (χ3v) is 5.09. The number of aliphatic hydroxyl groups is 1. The van der Waals surface area contributed by atoms with Crippen molar-refractivity contribution in [2.45, 2.75) is 50.7 Å². The van der Waals surface area contributed by atoms with Gasteiger partial charge in [0, 0.05) is 18.2 Å². The number of hydrogen-bond donors (Lipinski definition) is 1. The van der Waals surface area contributed by atoms with Gasteiger partial charge in [-0.05, 0) is 30.9 Å². The molecular formula is C17H21N3O. The van der Waals surface area contributed by atoms with Crippen LogP contribution in [-0.2, 0) is 0 Å². The summed E-state index contributed by atoms with van der Waals surface area (Å²) in [6.45, 7) is 0. The predicted molar refractivity (Wildman–Crippen MR) is 80.8 cm³/mol. The SMILES string of the molecule is O[C@H](C[C@@H]1c2ncccc2-c2cncn21)C1CCCCC1. The number of pyridine rings is 1. The van der Waals surface area contributed by atoms with Gasteiger partial charge in [-0.25, -0.2) is 4.98 Å². The number of hydrogen-bond acceptors (Lipinski definition) is 3. The maximum absolute atomic E-state index is 10.7. The third kappa shape index (κ3) is 2.18. The quantitative estimate of drug-likeness (QED) is 0.941. The van der Waals surface area contributed by atoms with E-state index in [1.165, 1.54) is 32.1 Å². The van der Waals surface area contributed by atoms with Gasteiger partial charge in [-0.15, -0.1) is 0 Å². The first-order valence-electron chi connectivity index (χ1n) is 8.00. The summed E-state index contributed by atoms with van der Waals surface area (Å²) in [6, 6.07) is 4.20. The average molecular weight is 283 g/mol. The van der Waals surface area contributed by atoms with Crippen molar-refractivity contribution in [2.24, 2.45) is 5.92 Å². The van der Waals surface area contributed by atoms with Crippen molar-refractivity contribution < 1.29 is 5.11 Å². The topological polar surface area (TPSA) is 50.9 Å². The number of rotatable bonds is 3. The molecule has 0 saturated heterocycles. The Kier molecular flexibility index (Phi) is 3.26. The van der Waals surface area contributed by atoms with Crippen molar-refractivity contribution in [3.63, 3.8) is 0 Å². The molecule has 110 valence electrons. The Morgan fingerprint density at radius 3 is 3.00 bits per heavy atom. The van der Waals surface area contributed by atoms with Gasteiger partial charge in [-0.3, -0.25) is 4.98 Å². The fourth-order valence-corrected chi connectivity index (χ4v) is 3.96. The monoisotopic (exact) mass is 283 g/mol. The zero-order chi connectivity index (χ0) is 14.2. The smallest absolute Gasteiger partial charge is 0.0957 e. The molecule has 2 aromatic heterocycles. The van der Waals surface area contributed by atoms with Gasteiger partial charge in [0.25, 0.3) is 0 Å². The first kappa shape index (κ1) is 13.0. The Hall–Kier alpha value is -1.68. The number of aliphatic hydroxyl groups excluding tert-OH is 1. The van der Waals surface area contributed by atoms with Crippen molar-refractivity contribution in [3.8, 4) is 11.3 Å². The van der Waals surface area contributed by atoms with E-state index < -0.39 is 0 Å². The number of imidazole rings is 1. The van der Waals surface area contributed by atoms with Crippen LogP contribution in [0.15, 0.2) is 30.9 Å². The molecule has 2 aromatic rings. The normalized spacial score (nSPS) is 22.8. The number of fused-ring (bicyclic) bond motifs is 3. The average Bonchev–Trinajstić information content (AvgIpc) is 3.11. The van der Waals surface area contributed by atoms with E-state index in [1.807, 2.05) is 24.8 Å². The molecule has 2 aliphatic rings. The largest absolute Gasteiger partial charge is 0.393 e. The molecule has 0 amide bonds. The van der Waals surface area contributed by atoms with E-state index in [2.05, 4.69) is 20.6 Å². The van der Waals surface area contributed by atoms with Crippen molar-refractivity contribution in [2.75, 3.05) is 0 Å². The van der Waals surface area contributed by atoms with Gasteiger partial charge in [-0.1, -0.05) is 19.3 Å². The molecule has 0 aromatic carbocycles. The van der Waals surface area contributed by atoms with Gasteiger partial charge in [0.2, 0.25) is 0 Å². The standard InChI is InChI=1S/C17H21N3O/c21-16(12-5-2-1-3-6-12)9-14-17-13(7-4-8-19-17)15-10-18-11-20(14)15/h4,7-8,10-12,14,16,21H,1-3,5-6,9H2/t14-,16-/m1/s1. The summed E-state index contributed by atoms with van der Waals surface area (Å²) in [7, 11) is 0. The van der Waals surface area contributed by atoms with Crippen LogP contribution in [0.25, 0.3) is 11.3 Å². The molecule has 0 unspecified atom stereocenters. The molecule has 4 heteroatoms. The van der Waals surface area contributed by atoms with E-state index >= 15 is 0 Å². The lowest BCUT2D eigenvalue weighted by Gasteiger charge is -2.28. The molecule has 2 atom stereocenters. The van der Waals surface area contributed by atoms with E-state index in [0.29, 0.717) is 5.92 Å². The zero-order valence-corrected chi connectivity index (χ0v) is 12.2. The highest BCUT2D eigenvalue weighted by molar-refractivity contribution is 5.66. The second-order valence-corrected chi connectivity index (χ2v) is 6.34. The van der Waals surface area contributed by atoms with Gasteiger partial charge in [-0.2, -0.15) is 0 Å². The van der Waals surface area contributed by atoms with Crippen LogP contribution >= 0.6 is 0 Å². The molecule has 1 saturated carbocycles. The van der Waals surface area contributed by atoms with E-state index in [4.69, 9.17) is 0 Å². The zero-order valence-electron chi connectivity index (χ0n) is 12.2. The molecule has 0 spiro atoms. The van der Waals surface area contributed by atoms with E-state index in [9.17, 15) is 5.11 Å². The van der Waals surface area contributed by atoms with Crippen LogP contribution in [0.5, 0.6) is 0 Å². The van der Waals surface area contributed by atoms with Crippen LogP contribution in [0, 0.1) is 5.92 Å². The summed E-state index contributed by atoms with van der Waals surface area (Å²) in [6.07, 6.45) is 12.3. The van der Waals surface area contributed by atoms with Crippen molar-refractivity contribution in [1.82, 2.24) is 14.5 Å². The van der Waals surface area contributed by atoms with Crippen LogP contribution in [0.1, 0.15) is 50.3 Å². The molecule has 1 aliphatic carbocycles. The minimum Gasteiger partial charge on any atom is -0.393 e. The maximum atomic E-state index is 10.7. The molecule has 1 N–H and O–H groups in total. The second kappa shape index (κ2) is 5.26. The Labute approximate surface area is 124 Å². The van der Waals surface area contributed by atoms with Crippen molar-refractivity contribution in [3.05, 3.63) is 36.5 Å². The van der Waals surface area contributed by atoms with Gasteiger partial charge in [0.1, 0.15) is 0 Å². The minimum atomic E-state index is -0.237. The molecule has 21 heavy (non-hydrogen) atoms. The molecule has 0 radical (unpaired) electrons. The first-order chi connectivity index (χ1) is 10.3. The number of aromatic nitrogens is 3. The van der Waals surface area contributed by atoms with Crippen LogP contribution < -0.4 is 0 Å². The lowest BCUT2D eigenvalue weighted by Crippen LogP contribution is -2.26. The molecule has 4 nitrogen and oxygen atoms in total. The van der Waals surface area contributed by atoms with E-state index in [1.54, 1.807) is 0 Å². The van der Waals surface area contributed by atoms with E-state index in [-0.39, 0.29) is 12.1 Å². The minimum absolute atomic E-state index is 0.135. The van der Waals surface area contributed by atoms with Crippen molar-refractivity contribution in [1.29, 1.82) is 0 Å².